The van der Waals surface area contributed by atoms with E-state index in [1.807, 2.05) is 45.0 Å². The Balaban J connectivity index is 2.05. The predicted octanol–water partition coefficient (Wildman–Crippen LogP) is 3.54. The van der Waals surface area contributed by atoms with Gasteiger partial charge in [-0.15, -0.1) is 0 Å². The second-order valence-electron chi connectivity index (χ2n) is 5.76. The molecule has 132 valence electrons. The number of carbonyl (C=O) groups is 2. The fourth-order valence-corrected chi connectivity index (χ4v) is 2.33. The van der Waals surface area contributed by atoms with E-state index in [0.717, 1.165) is 5.56 Å². The van der Waals surface area contributed by atoms with Gasteiger partial charge in [0.1, 0.15) is 5.75 Å². The van der Waals surface area contributed by atoms with E-state index in [1.165, 1.54) is 0 Å². The molecule has 0 aliphatic rings. The fraction of sp³-hybridized carbons (Fsp3) is 0.300. The molecule has 1 atom stereocenters. The van der Waals surface area contributed by atoms with E-state index < -0.39 is 6.10 Å². The summed E-state index contributed by atoms with van der Waals surface area (Å²) in [5.41, 5.74) is 2.21. The maximum Gasteiger partial charge on any atom is 0.265 e. The number of carbonyl (C=O) groups excluding carboxylic acids is 2. The SMILES string of the molecule is CCNC(=O)c1cccc(NC(=O)C(CC)Oc2ccc(C)cc2)c1. The lowest BCUT2D eigenvalue weighted by atomic mass is 10.1. The van der Waals surface area contributed by atoms with Gasteiger partial charge >= 0.3 is 0 Å². The average Bonchev–Trinajstić information content (AvgIpc) is 2.61. The van der Waals surface area contributed by atoms with Crippen LogP contribution in [0.4, 0.5) is 5.69 Å². The molecule has 1 unspecified atom stereocenters. The predicted molar refractivity (Wildman–Crippen MR) is 99.0 cm³/mol. The zero-order chi connectivity index (χ0) is 18.2. The number of benzene rings is 2. The Hall–Kier alpha value is -2.82. The molecule has 5 nitrogen and oxygen atoms in total. The van der Waals surface area contributed by atoms with Crippen LogP contribution in [0.15, 0.2) is 48.5 Å². The van der Waals surface area contributed by atoms with Gasteiger partial charge in [-0.25, -0.2) is 0 Å². The van der Waals surface area contributed by atoms with Gasteiger partial charge in [0.05, 0.1) is 0 Å². The summed E-state index contributed by atoms with van der Waals surface area (Å²) in [6, 6.07) is 14.4. The van der Waals surface area contributed by atoms with Crippen LogP contribution in [0.2, 0.25) is 0 Å². The summed E-state index contributed by atoms with van der Waals surface area (Å²) in [7, 11) is 0. The van der Waals surface area contributed by atoms with Crippen molar-refractivity contribution in [2.45, 2.75) is 33.3 Å². The molecule has 0 radical (unpaired) electrons. The maximum absolute atomic E-state index is 12.5. The van der Waals surface area contributed by atoms with Crippen LogP contribution in [0.3, 0.4) is 0 Å². The van der Waals surface area contributed by atoms with Gasteiger partial charge in [0.15, 0.2) is 6.10 Å². The molecular weight excluding hydrogens is 316 g/mol. The second kappa shape index (κ2) is 8.87. The number of hydrogen-bond donors (Lipinski definition) is 2. The smallest absolute Gasteiger partial charge is 0.265 e. The third-order valence-corrected chi connectivity index (χ3v) is 3.69. The Morgan fingerprint density at radius 1 is 1.08 bits per heavy atom. The van der Waals surface area contributed by atoms with Gasteiger partial charge in [-0.3, -0.25) is 9.59 Å². The number of aryl methyl sites for hydroxylation is 1. The van der Waals surface area contributed by atoms with Crippen molar-refractivity contribution in [2.75, 3.05) is 11.9 Å². The fourth-order valence-electron chi connectivity index (χ4n) is 2.33. The van der Waals surface area contributed by atoms with Crippen LogP contribution in [0, 0.1) is 6.92 Å². The van der Waals surface area contributed by atoms with Gasteiger partial charge in [-0.05, 0) is 50.6 Å². The van der Waals surface area contributed by atoms with Crippen molar-refractivity contribution < 1.29 is 14.3 Å². The Morgan fingerprint density at radius 2 is 1.80 bits per heavy atom. The standard InChI is InChI=1S/C20H24N2O3/c1-4-18(25-17-11-9-14(3)10-12-17)20(24)22-16-8-6-7-15(13-16)19(23)21-5-2/h6-13,18H,4-5H2,1-3H3,(H,21,23)(H,22,24). The Labute approximate surface area is 148 Å². The summed E-state index contributed by atoms with van der Waals surface area (Å²) >= 11 is 0. The highest BCUT2D eigenvalue weighted by molar-refractivity contribution is 5.98. The number of ether oxygens (including phenoxy) is 1. The highest BCUT2D eigenvalue weighted by atomic mass is 16.5. The molecule has 2 N–H and O–H groups in total. The van der Waals surface area contributed by atoms with Crippen LogP contribution >= 0.6 is 0 Å². The summed E-state index contributed by atoms with van der Waals surface area (Å²) in [6.07, 6.45) is -0.0637. The summed E-state index contributed by atoms with van der Waals surface area (Å²) in [5.74, 6) is 0.251. The number of rotatable bonds is 7. The first kappa shape index (κ1) is 18.5. The molecule has 0 heterocycles. The quantitative estimate of drug-likeness (QED) is 0.810. The first-order valence-corrected chi connectivity index (χ1v) is 8.46. The molecule has 25 heavy (non-hydrogen) atoms. The summed E-state index contributed by atoms with van der Waals surface area (Å²) in [4.78, 5) is 24.4. The van der Waals surface area contributed by atoms with Crippen LogP contribution in [0.5, 0.6) is 5.75 Å². The normalized spacial score (nSPS) is 11.5. The van der Waals surface area contributed by atoms with Crippen LogP contribution in [-0.4, -0.2) is 24.5 Å². The molecule has 0 aromatic heterocycles. The summed E-state index contributed by atoms with van der Waals surface area (Å²) < 4.78 is 5.78. The lowest BCUT2D eigenvalue weighted by Gasteiger charge is -2.17. The van der Waals surface area contributed by atoms with Gasteiger partial charge < -0.3 is 15.4 Å². The second-order valence-corrected chi connectivity index (χ2v) is 5.76. The summed E-state index contributed by atoms with van der Waals surface area (Å²) in [6.45, 7) is 6.30. The molecule has 0 spiro atoms. The minimum Gasteiger partial charge on any atom is -0.481 e. The monoisotopic (exact) mass is 340 g/mol. The van der Waals surface area contributed by atoms with Crippen molar-refractivity contribution in [1.29, 1.82) is 0 Å². The Kier molecular flexibility index (Phi) is 6.57. The van der Waals surface area contributed by atoms with Crippen LogP contribution in [0.25, 0.3) is 0 Å². The number of nitrogens with one attached hydrogen (secondary N) is 2. The Bertz CT molecular complexity index is 726. The molecule has 5 heteroatoms. The van der Waals surface area contributed by atoms with Crippen LogP contribution in [-0.2, 0) is 4.79 Å². The molecule has 2 rings (SSSR count). The van der Waals surface area contributed by atoms with E-state index in [1.54, 1.807) is 24.3 Å². The van der Waals surface area contributed by atoms with Crippen molar-refractivity contribution in [3.05, 3.63) is 59.7 Å². The maximum atomic E-state index is 12.5. The molecule has 0 saturated heterocycles. The lowest BCUT2D eigenvalue weighted by Crippen LogP contribution is -2.32. The van der Waals surface area contributed by atoms with Gasteiger partial charge in [-0.1, -0.05) is 30.7 Å². The van der Waals surface area contributed by atoms with E-state index in [-0.39, 0.29) is 11.8 Å². The van der Waals surface area contributed by atoms with Crippen molar-refractivity contribution >= 4 is 17.5 Å². The molecule has 0 aliphatic carbocycles. The summed E-state index contributed by atoms with van der Waals surface area (Å²) in [5, 5.41) is 5.56. The number of amides is 2. The molecule has 0 aliphatic heterocycles. The largest absolute Gasteiger partial charge is 0.481 e. The molecule has 0 bridgehead atoms. The molecule has 0 fully saturated rings. The molecular formula is C20H24N2O3. The minimum absolute atomic E-state index is 0.165. The zero-order valence-electron chi connectivity index (χ0n) is 14.8. The lowest BCUT2D eigenvalue weighted by molar-refractivity contribution is -0.122. The van der Waals surface area contributed by atoms with E-state index in [4.69, 9.17) is 4.74 Å². The van der Waals surface area contributed by atoms with E-state index in [2.05, 4.69) is 10.6 Å². The van der Waals surface area contributed by atoms with E-state index in [0.29, 0.717) is 30.0 Å². The molecule has 2 aromatic carbocycles. The Morgan fingerprint density at radius 3 is 2.44 bits per heavy atom. The number of hydrogen-bond acceptors (Lipinski definition) is 3. The average molecular weight is 340 g/mol. The van der Waals surface area contributed by atoms with Gasteiger partial charge in [0.25, 0.3) is 11.8 Å². The number of anilines is 1. The van der Waals surface area contributed by atoms with E-state index >= 15 is 0 Å². The highest BCUT2D eigenvalue weighted by Gasteiger charge is 2.19. The first-order chi connectivity index (χ1) is 12.0. The van der Waals surface area contributed by atoms with Crippen molar-refractivity contribution in [3.63, 3.8) is 0 Å². The minimum atomic E-state index is -0.601. The van der Waals surface area contributed by atoms with Crippen molar-refractivity contribution in [2.24, 2.45) is 0 Å². The van der Waals surface area contributed by atoms with Crippen LogP contribution in [0.1, 0.15) is 36.2 Å². The third kappa shape index (κ3) is 5.35. The topological polar surface area (TPSA) is 67.4 Å². The molecule has 2 aromatic rings. The van der Waals surface area contributed by atoms with Crippen molar-refractivity contribution in [3.8, 4) is 5.75 Å². The van der Waals surface area contributed by atoms with Crippen LogP contribution < -0.4 is 15.4 Å². The highest BCUT2D eigenvalue weighted by Crippen LogP contribution is 2.17. The first-order valence-electron chi connectivity index (χ1n) is 8.46. The van der Waals surface area contributed by atoms with Gasteiger partial charge in [-0.2, -0.15) is 0 Å². The van der Waals surface area contributed by atoms with E-state index in [9.17, 15) is 9.59 Å². The van der Waals surface area contributed by atoms with Crippen molar-refractivity contribution in [1.82, 2.24) is 5.32 Å². The van der Waals surface area contributed by atoms with Gasteiger partial charge in [0.2, 0.25) is 0 Å². The molecule has 2 amide bonds. The zero-order valence-corrected chi connectivity index (χ0v) is 14.8. The van der Waals surface area contributed by atoms with Gasteiger partial charge in [0, 0.05) is 17.8 Å². The third-order valence-electron chi connectivity index (χ3n) is 3.69. The molecule has 0 saturated carbocycles.